The summed E-state index contributed by atoms with van der Waals surface area (Å²) in [5.74, 6) is 0.102. The zero-order valence-corrected chi connectivity index (χ0v) is 29.1. The van der Waals surface area contributed by atoms with Crippen molar-refractivity contribution in [3.8, 4) is 34.2 Å². The molecular weight excluding hydrogens is 733 g/mol. The average molecular weight is 762 g/mol. The van der Waals surface area contributed by atoms with Crippen molar-refractivity contribution in [3.63, 3.8) is 0 Å². The standard InChI is InChI=1S/C18H15F3N2O2S.C17H14F3N3O2S/c1-12-4-3-5-13(10-12)17-22-16(18(19,20)21)11-23(17)14-6-8-15(9-7-14)26(2,24)25;1-11-5-4-6-12(9-11)16-22-15(17(18,19)20)10-23(16)13-7-2-3-8-14(13)26(21,24)25/h3-11H,1-2H3;2-10H,1H3,(H2,21,24,25). The molecule has 0 fully saturated rings. The number of sulfonamides is 1. The highest BCUT2D eigenvalue weighted by molar-refractivity contribution is 7.90. The smallest absolute Gasteiger partial charge is 0.299 e. The SMILES string of the molecule is Cc1cccc(-c2nc(C(F)(F)F)cn2-c2ccc(S(C)(=O)=O)cc2)c1.Cc1cccc(-c2nc(C(F)(F)F)cn2-c2ccccc2S(N)(=O)=O)c1. The first-order valence-electron chi connectivity index (χ1n) is 15.0. The van der Waals surface area contributed by atoms with Crippen LogP contribution in [0.5, 0.6) is 0 Å². The van der Waals surface area contributed by atoms with Crippen LogP contribution in [0.15, 0.2) is 119 Å². The number of rotatable bonds is 6. The molecule has 0 aliphatic rings. The molecule has 6 rings (SSSR count). The molecule has 0 saturated heterocycles. The van der Waals surface area contributed by atoms with Crippen LogP contribution in [-0.4, -0.2) is 42.2 Å². The molecule has 0 bridgehead atoms. The third kappa shape index (κ3) is 8.60. The van der Waals surface area contributed by atoms with E-state index in [1.54, 1.807) is 49.4 Å². The molecule has 0 radical (unpaired) electrons. The van der Waals surface area contributed by atoms with E-state index in [9.17, 15) is 43.2 Å². The van der Waals surface area contributed by atoms with Crippen LogP contribution in [0.25, 0.3) is 34.2 Å². The fraction of sp³-hybridized carbons (Fsp3) is 0.143. The number of sulfone groups is 1. The fourth-order valence-electron chi connectivity index (χ4n) is 5.14. The Balaban J connectivity index is 0.000000201. The lowest BCUT2D eigenvalue weighted by molar-refractivity contribution is -0.141. The van der Waals surface area contributed by atoms with Crippen LogP contribution >= 0.6 is 0 Å². The number of hydrogen-bond acceptors (Lipinski definition) is 6. The molecular formula is C35H29F6N5O4S2. The van der Waals surface area contributed by atoms with Crippen molar-refractivity contribution >= 4 is 19.9 Å². The third-order valence-corrected chi connectivity index (χ3v) is 9.61. The summed E-state index contributed by atoms with van der Waals surface area (Å²) in [7, 11) is -7.54. The first kappa shape index (κ1) is 38.0. The van der Waals surface area contributed by atoms with Crippen molar-refractivity contribution in [1.82, 2.24) is 19.1 Å². The maximum absolute atomic E-state index is 13.2. The fourth-order valence-corrected chi connectivity index (χ4v) is 6.50. The van der Waals surface area contributed by atoms with Gasteiger partial charge in [0.05, 0.1) is 10.6 Å². The van der Waals surface area contributed by atoms with Gasteiger partial charge in [-0.1, -0.05) is 59.7 Å². The number of hydrogen-bond donors (Lipinski definition) is 1. The third-order valence-electron chi connectivity index (χ3n) is 7.52. The lowest BCUT2D eigenvalue weighted by Crippen LogP contribution is -2.15. The molecule has 0 spiro atoms. The maximum Gasteiger partial charge on any atom is 0.434 e. The summed E-state index contributed by atoms with van der Waals surface area (Å²) in [5.41, 5.74) is 0.909. The molecule has 0 aliphatic heterocycles. The first-order chi connectivity index (χ1) is 24.1. The Hall–Kier alpha value is -5.26. The van der Waals surface area contributed by atoms with Crippen molar-refractivity contribution in [2.24, 2.45) is 5.14 Å². The molecule has 2 N–H and O–H groups in total. The highest BCUT2D eigenvalue weighted by atomic mass is 32.2. The van der Waals surface area contributed by atoms with Crippen LogP contribution in [0, 0.1) is 13.8 Å². The van der Waals surface area contributed by atoms with Crippen LogP contribution < -0.4 is 5.14 Å². The van der Waals surface area contributed by atoms with Crippen molar-refractivity contribution in [3.05, 3.63) is 132 Å². The second kappa shape index (κ2) is 14.0. The Morgan fingerprint density at radius 2 is 1.08 bits per heavy atom. The second-order valence-electron chi connectivity index (χ2n) is 11.7. The Bertz CT molecular complexity index is 2470. The molecule has 52 heavy (non-hydrogen) atoms. The molecule has 4 aromatic carbocycles. The molecule has 0 amide bonds. The van der Waals surface area contributed by atoms with Crippen molar-refractivity contribution in [2.75, 3.05) is 6.26 Å². The van der Waals surface area contributed by atoms with E-state index in [1.165, 1.54) is 53.1 Å². The van der Waals surface area contributed by atoms with Crippen LogP contribution in [-0.2, 0) is 32.2 Å². The second-order valence-corrected chi connectivity index (χ2v) is 15.2. The van der Waals surface area contributed by atoms with Gasteiger partial charge in [-0.25, -0.2) is 31.9 Å². The highest BCUT2D eigenvalue weighted by Crippen LogP contribution is 2.35. The van der Waals surface area contributed by atoms with Gasteiger partial charge in [0.2, 0.25) is 10.0 Å². The molecule has 6 aromatic rings. The van der Waals surface area contributed by atoms with Gasteiger partial charge < -0.3 is 0 Å². The van der Waals surface area contributed by atoms with E-state index in [0.717, 1.165) is 34.3 Å². The largest absolute Gasteiger partial charge is 0.434 e. The van der Waals surface area contributed by atoms with Crippen LogP contribution in [0.4, 0.5) is 26.3 Å². The summed E-state index contributed by atoms with van der Waals surface area (Å²) in [6.07, 6.45) is -6.52. The molecule has 17 heteroatoms. The van der Waals surface area contributed by atoms with Crippen molar-refractivity contribution < 1.29 is 43.2 Å². The van der Waals surface area contributed by atoms with E-state index >= 15 is 0 Å². The Kier molecular flexibility index (Phi) is 10.3. The van der Waals surface area contributed by atoms with Gasteiger partial charge in [-0.15, -0.1) is 0 Å². The molecule has 2 heterocycles. The molecule has 0 aliphatic carbocycles. The minimum Gasteiger partial charge on any atom is -0.299 e. The summed E-state index contributed by atoms with van der Waals surface area (Å²) in [5, 5.41) is 5.22. The summed E-state index contributed by atoms with van der Waals surface area (Å²) >= 11 is 0. The van der Waals surface area contributed by atoms with E-state index < -0.39 is 43.6 Å². The van der Waals surface area contributed by atoms with Gasteiger partial charge in [0.1, 0.15) is 16.5 Å². The molecule has 9 nitrogen and oxygen atoms in total. The van der Waals surface area contributed by atoms with Crippen LogP contribution in [0.2, 0.25) is 0 Å². The van der Waals surface area contributed by atoms with Crippen molar-refractivity contribution in [2.45, 2.75) is 36.0 Å². The van der Waals surface area contributed by atoms with E-state index in [4.69, 9.17) is 5.14 Å². The van der Waals surface area contributed by atoms with Gasteiger partial charge in [0.15, 0.2) is 21.2 Å². The summed E-state index contributed by atoms with van der Waals surface area (Å²) in [6.45, 7) is 3.63. The quantitative estimate of drug-likeness (QED) is 0.173. The topological polar surface area (TPSA) is 130 Å². The number of nitrogens with two attached hydrogens (primary N) is 1. The van der Waals surface area contributed by atoms with Crippen molar-refractivity contribution in [1.29, 1.82) is 0 Å². The Labute approximate surface area is 295 Å². The summed E-state index contributed by atoms with van der Waals surface area (Å²) in [4.78, 5) is 7.26. The van der Waals surface area contributed by atoms with Crippen LogP contribution in [0.3, 0.4) is 0 Å². The number of alkyl halides is 6. The number of nitrogens with zero attached hydrogens (tertiary/aromatic N) is 4. The summed E-state index contributed by atoms with van der Waals surface area (Å²) in [6, 6.07) is 24.9. The van der Waals surface area contributed by atoms with Gasteiger partial charge in [0.25, 0.3) is 0 Å². The molecule has 0 unspecified atom stereocenters. The van der Waals surface area contributed by atoms with Gasteiger partial charge in [-0.3, -0.25) is 9.13 Å². The number of halogens is 6. The van der Waals surface area contributed by atoms with E-state index in [-0.39, 0.29) is 27.1 Å². The van der Waals surface area contributed by atoms with Crippen LogP contribution in [0.1, 0.15) is 22.5 Å². The number of benzene rings is 4. The molecule has 272 valence electrons. The zero-order valence-electron chi connectivity index (χ0n) is 27.5. The first-order valence-corrected chi connectivity index (χ1v) is 18.5. The van der Waals surface area contributed by atoms with E-state index in [0.29, 0.717) is 16.8 Å². The number of para-hydroxylation sites is 1. The number of imidazole rings is 2. The normalized spacial score (nSPS) is 12.3. The lowest BCUT2D eigenvalue weighted by atomic mass is 10.1. The minimum atomic E-state index is -4.68. The van der Waals surface area contributed by atoms with Gasteiger partial charge in [-0.2, -0.15) is 26.3 Å². The minimum absolute atomic E-state index is 0.00509. The van der Waals surface area contributed by atoms with E-state index in [2.05, 4.69) is 9.97 Å². The highest BCUT2D eigenvalue weighted by Gasteiger charge is 2.36. The predicted molar refractivity (Wildman–Crippen MR) is 182 cm³/mol. The zero-order chi connectivity index (χ0) is 38.2. The Morgan fingerprint density at radius 1 is 0.615 bits per heavy atom. The van der Waals surface area contributed by atoms with Gasteiger partial charge >= 0.3 is 12.4 Å². The summed E-state index contributed by atoms with van der Waals surface area (Å²) < 4.78 is 128. The molecule has 0 atom stereocenters. The average Bonchev–Trinajstić information content (AvgIpc) is 3.71. The Morgan fingerprint density at radius 3 is 1.52 bits per heavy atom. The maximum atomic E-state index is 13.2. The lowest BCUT2D eigenvalue weighted by Gasteiger charge is -2.12. The molecule has 0 saturated carbocycles. The number of aromatic nitrogens is 4. The predicted octanol–water partition coefficient (Wildman–Crippen LogP) is 7.78. The monoisotopic (exact) mass is 761 g/mol. The van der Waals surface area contributed by atoms with Gasteiger partial charge in [0, 0.05) is 35.5 Å². The molecule has 2 aromatic heterocycles. The number of aryl methyl sites for hydroxylation is 2. The van der Waals surface area contributed by atoms with E-state index in [1.807, 2.05) is 13.0 Å². The number of primary sulfonamides is 1. The van der Waals surface area contributed by atoms with Gasteiger partial charge in [-0.05, 0) is 62.4 Å².